The van der Waals surface area contributed by atoms with E-state index < -0.39 is 12.8 Å². The van der Waals surface area contributed by atoms with Gasteiger partial charge in [-0.25, -0.2) is 0 Å². The summed E-state index contributed by atoms with van der Waals surface area (Å²) < 4.78 is 46.7. The number of thiophene rings is 1. The first kappa shape index (κ1) is 21.6. The number of carbonyl (C=O) groups excluding carboxylic acids is 1. The summed E-state index contributed by atoms with van der Waals surface area (Å²) in [5.74, 6) is 0.0170. The fourth-order valence-corrected chi connectivity index (χ4v) is 3.85. The number of rotatable bonds is 7. The summed E-state index contributed by atoms with van der Waals surface area (Å²) in [6.07, 6.45) is -4.37. The van der Waals surface area contributed by atoms with E-state index in [0.29, 0.717) is 4.88 Å². The van der Waals surface area contributed by atoms with Crippen LogP contribution in [0.2, 0.25) is 0 Å². The Bertz CT molecular complexity index is 802. The summed E-state index contributed by atoms with van der Waals surface area (Å²) in [6.45, 7) is 4.59. The van der Waals surface area contributed by atoms with Crippen molar-refractivity contribution in [2.45, 2.75) is 19.1 Å². The van der Waals surface area contributed by atoms with Gasteiger partial charge >= 0.3 is 6.18 Å². The third kappa shape index (κ3) is 6.73. The lowest BCUT2D eigenvalue weighted by atomic mass is 10.1. The van der Waals surface area contributed by atoms with Gasteiger partial charge in [-0.1, -0.05) is 12.1 Å². The van der Waals surface area contributed by atoms with Crippen molar-refractivity contribution in [3.63, 3.8) is 0 Å². The molecule has 1 aliphatic heterocycles. The van der Waals surface area contributed by atoms with E-state index in [4.69, 9.17) is 9.47 Å². The number of hydrogen-bond acceptors (Lipinski definition) is 5. The van der Waals surface area contributed by atoms with Gasteiger partial charge in [0.25, 0.3) is 5.91 Å². The Morgan fingerprint density at radius 1 is 1.24 bits per heavy atom. The van der Waals surface area contributed by atoms with E-state index in [0.717, 1.165) is 44.0 Å². The fraction of sp³-hybridized carbons (Fsp3) is 0.450. The third-order valence-electron chi connectivity index (χ3n) is 4.43. The van der Waals surface area contributed by atoms with E-state index in [1.165, 1.54) is 23.5 Å². The first-order valence-corrected chi connectivity index (χ1v) is 10.2. The molecule has 3 rings (SSSR count). The molecule has 1 aromatic heterocycles. The molecule has 0 aliphatic carbocycles. The maximum atomic E-state index is 12.5. The molecule has 1 fully saturated rings. The highest BCUT2D eigenvalue weighted by atomic mass is 32.1. The highest BCUT2D eigenvalue weighted by Crippen LogP contribution is 2.28. The molecule has 1 saturated heterocycles. The molecule has 5 nitrogen and oxygen atoms in total. The number of nitrogens with one attached hydrogen (secondary N) is 1. The Balaban J connectivity index is 1.54. The van der Waals surface area contributed by atoms with E-state index in [1.54, 1.807) is 18.2 Å². The average molecular weight is 428 g/mol. The first-order valence-electron chi connectivity index (χ1n) is 9.29. The quantitative estimate of drug-likeness (QED) is 0.729. The third-order valence-corrected chi connectivity index (χ3v) is 5.36. The second kappa shape index (κ2) is 9.60. The lowest BCUT2D eigenvalue weighted by Crippen LogP contribution is -2.45. The smallest absolute Gasteiger partial charge is 0.422 e. The summed E-state index contributed by atoms with van der Waals surface area (Å²) in [6, 6.07) is 8.13. The Labute approximate surface area is 171 Å². The van der Waals surface area contributed by atoms with E-state index in [2.05, 4.69) is 10.2 Å². The lowest BCUT2D eigenvalue weighted by molar-refractivity contribution is -0.153. The normalized spacial score (nSPS) is 16.4. The van der Waals surface area contributed by atoms with Gasteiger partial charge in [0.1, 0.15) is 5.75 Å². The van der Waals surface area contributed by atoms with Crippen LogP contribution < -0.4 is 10.1 Å². The Kier molecular flexibility index (Phi) is 7.15. The molecule has 158 valence electrons. The van der Waals surface area contributed by atoms with Gasteiger partial charge in [-0.3, -0.25) is 9.69 Å². The molecule has 1 unspecified atom stereocenters. The molecule has 1 amide bonds. The van der Waals surface area contributed by atoms with Gasteiger partial charge < -0.3 is 14.8 Å². The number of halogens is 3. The van der Waals surface area contributed by atoms with Crippen LogP contribution in [0.5, 0.6) is 5.75 Å². The largest absolute Gasteiger partial charge is 0.484 e. The van der Waals surface area contributed by atoms with E-state index >= 15 is 0 Å². The lowest BCUT2D eigenvalue weighted by Gasteiger charge is -2.29. The van der Waals surface area contributed by atoms with Crippen LogP contribution in [0.4, 0.5) is 13.2 Å². The minimum absolute atomic E-state index is 0.0104. The SMILES string of the molecule is CC(CN1CCOCC1)NC(=O)c1cc(-c2ccc(OCC(F)(F)F)cc2)cs1. The van der Waals surface area contributed by atoms with Gasteiger partial charge in [-0.15, -0.1) is 11.3 Å². The molecule has 1 aliphatic rings. The average Bonchev–Trinajstić information content (AvgIpc) is 3.17. The molecule has 0 saturated carbocycles. The number of morpholine rings is 1. The molecule has 2 heterocycles. The predicted octanol–water partition coefficient (Wildman–Crippen LogP) is 3.81. The Morgan fingerprint density at radius 2 is 1.93 bits per heavy atom. The summed E-state index contributed by atoms with van der Waals surface area (Å²) >= 11 is 1.33. The van der Waals surface area contributed by atoms with Crippen LogP contribution in [0, 0.1) is 0 Å². The Morgan fingerprint density at radius 3 is 2.59 bits per heavy atom. The van der Waals surface area contributed by atoms with Crippen molar-refractivity contribution in [2.24, 2.45) is 0 Å². The molecular weight excluding hydrogens is 405 g/mol. The molecule has 1 aromatic carbocycles. The minimum atomic E-state index is -4.37. The minimum Gasteiger partial charge on any atom is -0.484 e. The van der Waals surface area contributed by atoms with Crippen LogP contribution >= 0.6 is 11.3 Å². The maximum Gasteiger partial charge on any atom is 0.422 e. The zero-order valence-electron chi connectivity index (χ0n) is 16.0. The van der Waals surface area contributed by atoms with Crippen molar-refractivity contribution >= 4 is 17.2 Å². The number of alkyl halides is 3. The summed E-state index contributed by atoms with van der Waals surface area (Å²) in [5.41, 5.74) is 1.64. The molecule has 2 aromatic rings. The van der Waals surface area contributed by atoms with Gasteiger partial charge in [-0.2, -0.15) is 13.2 Å². The molecular formula is C20H23F3N2O3S. The molecule has 0 spiro atoms. The fourth-order valence-electron chi connectivity index (χ4n) is 3.03. The number of ether oxygens (including phenoxy) is 2. The van der Waals surface area contributed by atoms with Crippen LogP contribution in [0.1, 0.15) is 16.6 Å². The van der Waals surface area contributed by atoms with Crippen molar-refractivity contribution in [1.82, 2.24) is 10.2 Å². The highest BCUT2D eigenvalue weighted by Gasteiger charge is 2.28. The van der Waals surface area contributed by atoms with Crippen molar-refractivity contribution in [2.75, 3.05) is 39.5 Å². The molecule has 1 N–H and O–H groups in total. The molecule has 1 atom stereocenters. The van der Waals surface area contributed by atoms with Crippen LogP contribution in [0.25, 0.3) is 11.1 Å². The van der Waals surface area contributed by atoms with Crippen molar-refractivity contribution in [1.29, 1.82) is 0 Å². The maximum absolute atomic E-state index is 12.5. The molecule has 0 bridgehead atoms. The van der Waals surface area contributed by atoms with Gasteiger partial charge in [-0.05, 0) is 41.6 Å². The van der Waals surface area contributed by atoms with Crippen LogP contribution in [0.15, 0.2) is 35.7 Å². The van der Waals surface area contributed by atoms with Crippen molar-refractivity contribution < 1.29 is 27.4 Å². The summed E-state index contributed by atoms with van der Waals surface area (Å²) in [5, 5.41) is 4.86. The van der Waals surface area contributed by atoms with Crippen LogP contribution in [-0.2, 0) is 4.74 Å². The standard InChI is InChI=1S/C20H23F3N2O3S/c1-14(11-25-6-8-27-9-7-25)24-19(26)18-10-16(12-29-18)15-2-4-17(5-3-15)28-13-20(21,22)23/h2-5,10,12,14H,6-9,11,13H2,1H3,(H,24,26). The van der Waals surface area contributed by atoms with E-state index in [1.807, 2.05) is 12.3 Å². The molecule has 29 heavy (non-hydrogen) atoms. The summed E-state index contributed by atoms with van der Waals surface area (Å²) in [4.78, 5) is 15.4. The Hall–Kier alpha value is -2.10. The monoisotopic (exact) mass is 428 g/mol. The zero-order chi connectivity index (χ0) is 20.9. The van der Waals surface area contributed by atoms with Gasteiger partial charge in [0.05, 0.1) is 18.1 Å². The van der Waals surface area contributed by atoms with E-state index in [-0.39, 0.29) is 17.7 Å². The number of hydrogen-bond donors (Lipinski definition) is 1. The van der Waals surface area contributed by atoms with Gasteiger partial charge in [0, 0.05) is 25.7 Å². The van der Waals surface area contributed by atoms with Crippen molar-refractivity contribution in [3.8, 4) is 16.9 Å². The van der Waals surface area contributed by atoms with Crippen LogP contribution in [0.3, 0.4) is 0 Å². The topological polar surface area (TPSA) is 50.8 Å². The second-order valence-electron chi connectivity index (χ2n) is 6.92. The summed E-state index contributed by atoms with van der Waals surface area (Å²) in [7, 11) is 0. The van der Waals surface area contributed by atoms with E-state index in [9.17, 15) is 18.0 Å². The first-order chi connectivity index (χ1) is 13.8. The predicted molar refractivity (Wildman–Crippen MR) is 105 cm³/mol. The molecule has 9 heteroatoms. The number of carbonyl (C=O) groups is 1. The van der Waals surface area contributed by atoms with Gasteiger partial charge in [0.2, 0.25) is 0 Å². The van der Waals surface area contributed by atoms with Crippen LogP contribution in [-0.4, -0.2) is 62.5 Å². The number of nitrogens with zero attached hydrogens (tertiary/aromatic N) is 1. The van der Waals surface area contributed by atoms with Crippen molar-refractivity contribution in [3.05, 3.63) is 40.6 Å². The number of benzene rings is 1. The zero-order valence-corrected chi connectivity index (χ0v) is 16.8. The highest BCUT2D eigenvalue weighted by molar-refractivity contribution is 7.12. The van der Waals surface area contributed by atoms with Gasteiger partial charge in [0.15, 0.2) is 6.61 Å². The molecule has 0 radical (unpaired) electrons. The second-order valence-corrected chi connectivity index (χ2v) is 7.83. The number of amides is 1.